The molecule has 3 atom stereocenters. The van der Waals surface area contributed by atoms with Gasteiger partial charge in [-0.25, -0.2) is 8.42 Å². The first kappa shape index (κ1) is 19.1. The van der Waals surface area contributed by atoms with E-state index in [4.69, 9.17) is 11.6 Å². The summed E-state index contributed by atoms with van der Waals surface area (Å²) in [5, 5.41) is 0.570. The number of benzene rings is 2. The second kappa shape index (κ2) is 6.48. The van der Waals surface area contributed by atoms with E-state index in [9.17, 15) is 13.2 Å². The van der Waals surface area contributed by atoms with E-state index >= 15 is 0 Å². The van der Waals surface area contributed by atoms with Gasteiger partial charge >= 0.3 is 0 Å². The molecule has 1 unspecified atom stereocenters. The monoisotopic (exact) mass is 391 g/mol. The molecule has 1 fully saturated rings. The van der Waals surface area contributed by atoms with E-state index in [0.29, 0.717) is 5.02 Å². The van der Waals surface area contributed by atoms with Gasteiger partial charge in [0.05, 0.1) is 10.9 Å². The zero-order chi connectivity index (χ0) is 19.3. The van der Waals surface area contributed by atoms with E-state index in [1.165, 1.54) is 4.31 Å². The molecule has 0 aliphatic carbocycles. The van der Waals surface area contributed by atoms with Crippen LogP contribution >= 0.6 is 11.6 Å². The molecule has 0 N–H and O–H groups in total. The van der Waals surface area contributed by atoms with E-state index in [0.717, 1.165) is 11.1 Å². The van der Waals surface area contributed by atoms with E-state index in [2.05, 4.69) is 0 Å². The van der Waals surface area contributed by atoms with Crippen molar-refractivity contribution in [2.75, 3.05) is 0 Å². The number of Topliss-reactive ketones (excluding diaryl/α,β-unsaturated/α-hetero) is 1. The van der Waals surface area contributed by atoms with Crippen molar-refractivity contribution >= 4 is 27.4 Å². The average molecular weight is 392 g/mol. The number of sulfonamides is 1. The highest BCUT2D eigenvalue weighted by molar-refractivity contribution is 7.89. The van der Waals surface area contributed by atoms with Crippen LogP contribution in [0.1, 0.15) is 37.9 Å². The lowest BCUT2D eigenvalue weighted by Crippen LogP contribution is -2.29. The summed E-state index contributed by atoms with van der Waals surface area (Å²) in [6.45, 7) is 7.33. The number of carbonyl (C=O) groups is 1. The molecule has 1 saturated heterocycles. The Balaban J connectivity index is 2.03. The summed E-state index contributed by atoms with van der Waals surface area (Å²) in [7, 11) is -3.76. The van der Waals surface area contributed by atoms with Crippen molar-refractivity contribution in [3.8, 4) is 0 Å². The predicted molar refractivity (Wildman–Crippen MR) is 103 cm³/mol. The van der Waals surface area contributed by atoms with Crippen LogP contribution in [0.5, 0.6) is 0 Å². The zero-order valence-electron chi connectivity index (χ0n) is 15.2. The third-order valence-electron chi connectivity index (χ3n) is 4.57. The molecule has 1 aliphatic heterocycles. The van der Waals surface area contributed by atoms with Gasteiger partial charge in [-0.05, 0) is 36.8 Å². The second-order valence-corrected chi connectivity index (χ2v) is 9.98. The molecule has 0 aromatic heterocycles. The molecular weight excluding hydrogens is 370 g/mol. The number of aryl methyl sites for hydroxylation is 1. The molecule has 0 spiro atoms. The molecule has 2 aromatic rings. The van der Waals surface area contributed by atoms with E-state index in [1.807, 2.05) is 27.7 Å². The van der Waals surface area contributed by atoms with Gasteiger partial charge in [-0.1, -0.05) is 62.2 Å². The number of nitrogens with zero attached hydrogens (tertiary/aromatic N) is 1. The number of carbonyl (C=O) groups excluding carboxylic acids is 1. The Morgan fingerprint density at radius 1 is 1.00 bits per heavy atom. The molecule has 3 rings (SSSR count). The summed E-state index contributed by atoms with van der Waals surface area (Å²) < 4.78 is 27.6. The van der Waals surface area contributed by atoms with Crippen molar-refractivity contribution in [2.45, 2.75) is 44.7 Å². The summed E-state index contributed by atoms with van der Waals surface area (Å²) in [5.41, 5.74) is 1.12. The van der Waals surface area contributed by atoms with Crippen molar-refractivity contribution in [3.05, 3.63) is 64.7 Å². The van der Waals surface area contributed by atoms with Crippen LogP contribution < -0.4 is 0 Å². The molecule has 0 saturated carbocycles. The Kier molecular flexibility index (Phi) is 4.76. The van der Waals surface area contributed by atoms with E-state index in [1.54, 1.807) is 48.5 Å². The van der Waals surface area contributed by atoms with Crippen LogP contribution in [0.3, 0.4) is 0 Å². The molecule has 4 nitrogen and oxygen atoms in total. The fraction of sp³-hybridized carbons (Fsp3) is 0.350. The molecule has 138 valence electrons. The maximum Gasteiger partial charge on any atom is 0.244 e. The van der Waals surface area contributed by atoms with Crippen LogP contribution in [0.25, 0.3) is 0 Å². The van der Waals surface area contributed by atoms with E-state index in [-0.39, 0.29) is 10.7 Å². The van der Waals surface area contributed by atoms with Gasteiger partial charge in [0.1, 0.15) is 6.04 Å². The lowest BCUT2D eigenvalue weighted by atomic mass is 9.87. The SMILES string of the molecule is Cc1ccc(S(=O)(=O)N2[C@H](C(=O)C(C)(C)C)[C@H]2c2ccc(Cl)cc2)cc1. The summed E-state index contributed by atoms with van der Waals surface area (Å²) in [4.78, 5) is 13.1. The Labute approximate surface area is 159 Å². The number of rotatable bonds is 4. The Bertz CT molecular complexity index is 929. The van der Waals surface area contributed by atoms with Crippen LogP contribution in [-0.4, -0.2) is 24.5 Å². The second-order valence-electron chi connectivity index (χ2n) is 7.70. The van der Waals surface area contributed by atoms with Crippen LogP contribution in [-0.2, 0) is 14.8 Å². The number of hydrogen-bond acceptors (Lipinski definition) is 3. The third kappa shape index (κ3) is 3.43. The van der Waals surface area contributed by atoms with Crippen LogP contribution in [0.2, 0.25) is 5.02 Å². The van der Waals surface area contributed by atoms with Crippen molar-refractivity contribution in [2.24, 2.45) is 5.41 Å². The molecular formula is C20H22ClNO3S. The smallest absolute Gasteiger partial charge is 0.244 e. The van der Waals surface area contributed by atoms with Gasteiger partial charge in [-0.3, -0.25) is 4.79 Å². The van der Waals surface area contributed by atoms with Crippen LogP contribution in [0, 0.1) is 12.3 Å². The normalized spacial score (nSPS) is 22.9. The number of ketones is 1. The van der Waals surface area contributed by atoms with Crippen LogP contribution in [0.4, 0.5) is 0 Å². The van der Waals surface area contributed by atoms with Gasteiger partial charge in [0.25, 0.3) is 0 Å². The van der Waals surface area contributed by atoms with Crippen LogP contribution in [0.15, 0.2) is 53.4 Å². The minimum atomic E-state index is -3.76. The molecule has 26 heavy (non-hydrogen) atoms. The molecule has 0 radical (unpaired) electrons. The maximum atomic E-state index is 13.1. The lowest BCUT2D eigenvalue weighted by Gasteiger charge is -2.16. The summed E-state index contributed by atoms with van der Waals surface area (Å²) >= 11 is 5.95. The van der Waals surface area contributed by atoms with Crippen molar-refractivity contribution in [1.82, 2.24) is 4.31 Å². The number of halogens is 1. The van der Waals surface area contributed by atoms with Crippen molar-refractivity contribution in [1.29, 1.82) is 0 Å². The zero-order valence-corrected chi connectivity index (χ0v) is 16.8. The lowest BCUT2D eigenvalue weighted by molar-refractivity contribution is -0.126. The third-order valence-corrected chi connectivity index (χ3v) is 6.70. The van der Waals surface area contributed by atoms with Crippen molar-refractivity contribution in [3.63, 3.8) is 0 Å². The van der Waals surface area contributed by atoms with Gasteiger partial charge in [-0.15, -0.1) is 0 Å². The highest BCUT2D eigenvalue weighted by Gasteiger charge is 2.61. The first-order valence-corrected chi connectivity index (χ1v) is 10.3. The first-order valence-electron chi connectivity index (χ1n) is 8.43. The van der Waals surface area contributed by atoms with Gasteiger partial charge < -0.3 is 0 Å². The van der Waals surface area contributed by atoms with Gasteiger partial charge in [0.2, 0.25) is 10.0 Å². The standard InChI is InChI=1S/C20H22ClNO3S/c1-13-5-11-16(12-6-13)26(24,25)22-17(14-7-9-15(21)10-8-14)18(22)19(23)20(2,3)4/h5-12,17-18H,1-4H3/t17-,18+,22?/m1/s1. The fourth-order valence-electron chi connectivity index (χ4n) is 3.03. The van der Waals surface area contributed by atoms with Gasteiger partial charge in [0.15, 0.2) is 5.78 Å². The predicted octanol–water partition coefficient (Wildman–Crippen LogP) is 4.38. The highest BCUT2D eigenvalue weighted by atomic mass is 35.5. The largest absolute Gasteiger partial charge is 0.297 e. The highest BCUT2D eigenvalue weighted by Crippen LogP contribution is 2.50. The topological polar surface area (TPSA) is 54.2 Å². The summed E-state index contributed by atoms with van der Waals surface area (Å²) in [6, 6.07) is 12.5. The summed E-state index contributed by atoms with van der Waals surface area (Å²) in [6.07, 6.45) is 0. The van der Waals surface area contributed by atoms with Gasteiger partial charge in [-0.2, -0.15) is 4.31 Å². The van der Waals surface area contributed by atoms with E-state index < -0.39 is 27.5 Å². The minimum absolute atomic E-state index is 0.0897. The fourth-order valence-corrected chi connectivity index (χ4v) is 4.88. The quantitative estimate of drug-likeness (QED) is 0.727. The molecule has 1 aliphatic rings. The van der Waals surface area contributed by atoms with Crippen molar-refractivity contribution < 1.29 is 13.2 Å². The molecule has 0 bridgehead atoms. The minimum Gasteiger partial charge on any atom is -0.297 e. The maximum absolute atomic E-state index is 13.1. The number of hydrogen-bond donors (Lipinski definition) is 0. The molecule has 1 heterocycles. The summed E-state index contributed by atoms with van der Waals surface area (Å²) in [5.74, 6) is -0.0897. The Morgan fingerprint density at radius 3 is 2.04 bits per heavy atom. The Morgan fingerprint density at radius 2 is 1.54 bits per heavy atom. The Hall–Kier alpha value is -1.69. The average Bonchev–Trinajstić information content (AvgIpc) is 3.30. The molecule has 2 aromatic carbocycles. The molecule has 0 amide bonds. The first-order chi connectivity index (χ1) is 12.0. The molecule has 6 heteroatoms. The van der Waals surface area contributed by atoms with Gasteiger partial charge in [0, 0.05) is 10.4 Å².